The van der Waals surface area contributed by atoms with E-state index in [2.05, 4.69) is 9.84 Å². The minimum Gasteiger partial charge on any atom is -0.472 e. The molecular formula is C25H26N4O6. The van der Waals surface area contributed by atoms with Crippen molar-refractivity contribution in [3.05, 3.63) is 74.3 Å². The molecule has 3 aromatic rings. The number of carbonyl (C=O) groups is 1. The SMILES string of the molecule is COC(=O)[C@H](C)Oc1ccc(C=Nn2c(C3CCCCC3)nc3ccccc3c2=O)cc1[N+](=O)[O-]. The van der Waals surface area contributed by atoms with Crippen LogP contribution in [-0.4, -0.2) is 40.0 Å². The highest BCUT2D eigenvalue weighted by atomic mass is 16.6. The zero-order valence-electron chi connectivity index (χ0n) is 19.5. The van der Waals surface area contributed by atoms with Gasteiger partial charge in [-0.1, -0.05) is 31.4 Å². The summed E-state index contributed by atoms with van der Waals surface area (Å²) in [7, 11) is 1.21. The largest absolute Gasteiger partial charge is 0.472 e. The van der Waals surface area contributed by atoms with Gasteiger partial charge in [0.15, 0.2) is 11.9 Å². The highest BCUT2D eigenvalue weighted by Gasteiger charge is 2.24. The molecule has 10 nitrogen and oxygen atoms in total. The van der Waals surface area contributed by atoms with Crippen LogP contribution in [0.25, 0.3) is 10.9 Å². The Labute approximate surface area is 201 Å². The van der Waals surface area contributed by atoms with Gasteiger partial charge in [0.25, 0.3) is 5.56 Å². The number of aromatic nitrogens is 2. The fourth-order valence-electron chi connectivity index (χ4n) is 4.26. The number of fused-ring (bicyclic) bond motifs is 1. The summed E-state index contributed by atoms with van der Waals surface area (Å²) in [6.45, 7) is 1.44. The molecule has 1 heterocycles. The molecule has 10 heteroatoms. The number of esters is 1. The summed E-state index contributed by atoms with van der Waals surface area (Å²) in [5.41, 5.74) is 0.404. The lowest BCUT2D eigenvalue weighted by atomic mass is 9.88. The zero-order valence-corrected chi connectivity index (χ0v) is 19.5. The predicted molar refractivity (Wildman–Crippen MR) is 130 cm³/mol. The lowest BCUT2D eigenvalue weighted by Gasteiger charge is -2.22. The smallest absolute Gasteiger partial charge is 0.346 e. The summed E-state index contributed by atoms with van der Waals surface area (Å²) in [5, 5.41) is 16.5. The lowest BCUT2D eigenvalue weighted by Crippen LogP contribution is -2.25. The molecule has 1 aliphatic rings. The fourth-order valence-corrected chi connectivity index (χ4v) is 4.26. The zero-order chi connectivity index (χ0) is 24.9. The minimum atomic E-state index is -1.02. The van der Waals surface area contributed by atoms with Crippen molar-refractivity contribution >= 4 is 28.8 Å². The van der Waals surface area contributed by atoms with E-state index in [9.17, 15) is 19.7 Å². The number of hydrogen-bond acceptors (Lipinski definition) is 8. The van der Waals surface area contributed by atoms with Gasteiger partial charge < -0.3 is 9.47 Å². The summed E-state index contributed by atoms with van der Waals surface area (Å²) in [6, 6.07) is 11.4. The van der Waals surface area contributed by atoms with Crippen LogP contribution in [0.4, 0.5) is 5.69 Å². The van der Waals surface area contributed by atoms with Crippen LogP contribution in [-0.2, 0) is 9.53 Å². The summed E-state index contributed by atoms with van der Waals surface area (Å²) >= 11 is 0. The van der Waals surface area contributed by atoms with Crippen molar-refractivity contribution in [3.63, 3.8) is 0 Å². The van der Waals surface area contributed by atoms with Crippen LogP contribution in [0.1, 0.15) is 56.3 Å². The van der Waals surface area contributed by atoms with Crippen LogP contribution in [0, 0.1) is 10.1 Å². The third kappa shape index (κ3) is 5.21. The molecule has 1 fully saturated rings. The van der Waals surface area contributed by atoms with Crippen molar-refractivity contribution in [3.8, 4) is 5.75 Å². The molecule has 0 amide bonds. The quantitative estimate of drug-likeness (QED) is 0.216. The number of nitrogens with zero attached hydrogens (tertiary/aromatic N) is 4. The molecule has 0 N–H and O–H groups in total. The Balaban J connectivity index is 1.73. The Morgan fingerprint density at radius 2 is 1.97 bits per heavy atom. The first-order chi connectivity index (χ1) is 16.9. The minimum absolute atomic E-state index is 0.0718. The number of rotatable bonds is 7. The Morgan fingerprint density at radius 1 is 1.23 bits per heavy atom. The molecule has 182 valence electrons. The highest BCUT2D eigenvalue weighted by molar-refractivity contribution is 5.82. The maximum absolute atomic E-state index is 13.3. The molecule has 0 bridgehead atoms. The maximum atomic E-state index is 13.3. The van der Waals surface area contributed by atoms with Crippen molar-refractivity contribution in [1.82, 2.24) is 9.66 Å². The van der Waals surface area contributed by atoms with Gasteiger partial charge in [0.2, 0.25) is 0 Å². The fraction of sp³-hybridized carbons (Fsp3) is 0.360. The van der Waals surface area contributed by atoms with E-state index in [0.717, 1.165) is 32.1 Å². The predicted octanol–water partition coefficient (Wildman–Crippen LogP) is 4.17. The third-order valence-corrected chi connectivity index (χ3v) is 6.09. The Bertz CT molecular complexity index is 1340. The molecule has 0 spiro atoms. The van der Waals surface area contributed by atoms with Crippen LogP contribution in [0.3, 0.4) is 0 Å². The highest BCUT2D eigenvalue weighted by Crippen LogP contribution is 2.32. The Kier molecular flexibility index (Phi) is 7.19. The lowest BCUT2D eigenvalue weighted by molar-refractivity contribution is -0.386. The van der Waals surface area contributed by atoms with E-state index in [-0.39, 0.29) is 22.9 Å². The summed E-state index contributed by atoms with van der Waals surface area (Å²) in [6.07, 6.45) is 5.52. The van der Waals surface area contributed by atoms with E-state index in [1.54, 1.807) is 18.2 Å². The van der Waals surface area contributed by atoms with Gasteiger partial charge in [-0.15, -0.1) is 0 Å². The van der Waals surface area contributed by atoms with E-state index >= 15 is 0 Å². The average Bonchev–Trinajstić information content (AvgIpc) is 2.88. The third-order valence-electron chi connectivity index (χ3n) is 6.09. The number of methoxy groups -OCH3 is 1. The Morgan fingerprint density at radius 3 is 2.69 bits per heavy atom. The first kappa shape index (κ1) is 24.1. The van der Waals surface area contributed by atoms with E-state index in [1.165, 1.54) is 37.1 Å². The van der Waals surface area contributed by atoms with Crippen molar-refractivity contribution in [2.24, 2.45) is 5.10 Å². The molecule has 0 radical (unpaired) electrons. The number of carbonyl (C=O) groups excluding carboxylic acids is 1. The normalized spacial score (nSPS) is 15.3. The number of hydrogen-bond donors (Lipinski definition) is 0. The summed E-state index contributed by atoms with van der Waals surface area (Å²) in [5.74, 6) is -0.00465. The second-order valence-corrected chi connectivity index (χ2v) is 8.45. The molecule has 0 unspecified atom stereocenters. The van der Waals surface area contributed by atoms with Crippen LogP contribution in [0.2, 0.25) is 0 Å². The van der Waals surface area contributed by atoms with Crippen molar-refractivity contribution in [2.75, 3.05) is 7.11 Å². The van der Waals surface area contributed by atoms with Gasteiger partial charge in [-0.05, 0) is 44.0 Å². The molecule has 0 saturated heterocycles. The van der Waals surface area contributed by atoms with E-state index in [0.29, 0.717) is 22.3 Å². The van der Waals surface area contributed by atoms with E-state index in [4.69, 9.17) is 9.72 Å². The molecule has 1 atom stereocenters. The van der Waals surface area contributed by atoms with E-state index in [1.807, 2.05) is 12.1 Å². The van der Waals surface area contributed by atoms with E-state index < -0.39 is 17.0 Å². The Hall–Kier alpha value is -4.08. The topological polar surface area (TPSA) is 126 Å². The average molecular weight is 479 g/mol. The molecule has 1 aliphatic carbocycles. The van der Waals surface area contributed by atoms with Crippen molar-refractivity contribution < 1.29 is 19.2 Å². The number of ether oxygens (including phenoxy) is 2. The molecular weight excluding hydrogens is 452 g/mol. The van der Waals surface area contributed by atoms with Gasteiger partial charge in [0, 0.05) is 17.5 Å². The molecule has 2 aromatic carbocycles. The number of benzene rings is 2. The molecule has 1 aromatic heterocycles. The molecule has 1 saturated carbocycles. The van der Waals surface area contributed by atoms with Gasteiger partial charge in [-0.2, -0.15) is 9.78 Å². The number of nitro benzene ring substituents is 1. The van der Waals surface area contributed by atoms with Gasteiger partial charge >= 0.3 is 11.7 Å². The van der Waals surface area contributed by atoms with Crippen molar-refractivity contribution in [1.29, 1.82) is 0 Å². The van der Waals surface area contributed by atoms with Gasteiger partial charge in [-0.25, -0.2) is 9.78 Å². The van der Waals surface area contributed by atoms with Gasteiger partial charge in [0.1, 0.15) is 5.82 Å². The van der Waals surface area contributed by atoms with Crippen LogP contribution in [0.15, 0.2) is 52.4 Å². The first-order valence-electron chi connectivity index (χ1n) is 11.5. The van der Waals surface area contributed by atoms with Crippen LogP contribution >= 0.6 is 0 Å². The van der Waals surface area contributed by atoms with Gasteiger partial charge in [-0.3, -0.25) is 14.9 Å². The second-order valence-electron chi connectivity index (χ2n) is 8.45. The van der Waals surface area contributed by atoms with Crippen LogP contribution < -0.4 is 10.3 Å². The summed E-state index contributed by atoms with van der Waals surface area (Å²) < 4.78 is 11.3. The van der Waals surface area contributed by atoms with Crippen LogP contribution in [0.5, 0.6) is 5.75 Å². The standard InChI is InChI=1S/C25H26N4O6/c1-16(25(31)34-2)35-22-13-12-17(14-21(22)29(32)33)15-26-28-23(18-8-4-3-5-9-18)27-20-11-7-6-10-19(20)24(28)30/h6-7,10-16,18H,3-5,8-9H2,1-2H3/t16-/m0/s1. The molecule has 4 rings (SSSR count). The molecule has 35 heavy (non-hydrogen) atoms. The van der Waals surface area contributed by atoms with Crippen molar-refractivity contribution in [2.45, 2.75) is 51.0 Å². The number of para-hydroxylation sites is 1. The summed E-state index contributed by atoms with van der Waals surface area (Å²) in [4.78, 5) is 40.7. The number of nitro groups is 1. The monoisotopic (exact) mass is 478 g/mol. The molecule has 0 aliphatic heterocycles. The van der Waals surface area contributed by atoms with Gasteiger partial charge in [0.05, 0.1) is 29.2 Å². The second kappa shape index (κ2) is 10.5. The first-order valence-corrected chi connectivity index (χ1v) is 11.5. The maximum Gasteiger partial charge on any atom is 0.346 e.